The van der Waals surface area contributed by atoms with Crippen LogP contribution in [0.1, 0.15) is 46.3 Å². The summed E-state index contributed by atoms with van der Waals surface area (Å²) in [5, 5.41) is 7.56. The predicted octanol–water partition coefficient (Wildman–Crippen LogP) is 1.55. The van der Waals surface area contributed by atoms with Gasteiger partial charge in [-0.1, -0.05) is 25.9 Å². The number of nitrogens with one attached hydrogen (secondary N) is 1. The third-order valence-electron chi connectivity index (χ3n) is 3.35. The highest BCUT2D eigenvalue weighted by Crippen LogP contribution is 2.20. The van der Waals surface area contributed by atoms with E-state index in [0.29, 0.717) is 18.0 Å². The fourth-order valence-corrected chi connectivity index (χ4v) is 2.12. The van der Waals surface area contributed by atoms with Gasteiger partial charge >= 0.3 is 0 Å². The summed E-state index contributed by atoms with van der Waals surface area (Å²) in [6.45, 7) is 13.5. The summed E-state index contributed by atoms with van der Waals surface area (Å²) in [7, 11) is 0. The highest BCUT2D eigenvalue weighted by Gasteiger charge is 2.26. The average Bonchev–Trinajstić information content (AvgIpc) is 2.71. The number of rotatable bonds is 2. The molecular weight excluding hydrogens is 228 g/mol. The standard InChI is InChI=1S/C13H24N4O/c1-9-7-17(10(2)6-14-9)8-11-15-12(18-16-11)13(3,4)5/h9-10,14H,6-8H2,1-5H3. The summed E-state index contributed by atoms with van der Waals surface area (Å²) in [6, 6.07) is 1.04. The zero-order chi connectivity index (χ0) is 13.3. The summed E-state index contributed by atoms with van der Waals surface area (Å²) in [5.74, 6) is 1.51. The van der Waals surface area contributed by atoms with Crippen LogP contribution in [0.15, 0.2) is 4.52 Å². The Kier molecular flexibility index (Phi) is 3.73. The van der Waals surface area contributed by atoms with Crippen LogP contribution >= 0.6 is 0 Å². The molecule has 1 N–H and O–H groups in total. The summed E-state index contributed by atoms with van der Waals surface area (Å²) < 4.78 is 5.33. The quantitative estimate of drug-likeness (QED) is 0.865. The molecule has 2 heterocycles. The molecule has 2 rings (SSSR count). The van der Waals surface area contributed by atoms with Gasteiger partial charge in [0, 0.05) is 30.6 Å². The summed E-state index contributed by atoms with van der Waals surface area (Å²) in [5.41, 5.74) is -0.0758. The Morgan fingerprint density at radius 3 is 2.72 bits per heavy atom. The van der Waals surface area contributed by atoms with Gasteiger partial charge in [0.05, 0.1) is 6.54 Å². The van der Waals surface area contributed by atoms with Gasteiger partial charge in [-0.05, 0) is 13.8 Å². The van der Waals surface area contributed by atoms with E-state index in [2.05, 4.69) is 55.0 Å². The lowest BCUT2D eigenvalue weighted by molar-refractivity contribution is 0.134. The van der Waals surface area contributed by atoms with Crippen molar-refractivity contribution in [3.63, 3.8) is 0 Å². The lowest BCUT2D eigenvalue weighted by Crippen LogP contribution is -2.53. The highest BCUT2D eigenvalue weighted by molar-refractivity contribution is 4.98. The first kappa shape index (κ1) is 13.5. The van der Waals surface area contributed by atoms with Crippen molar-refractivity contribution >= 4 is 0 Å². The number of nitrogens with zero attached hydrogens (tertiary/aromatic N) is 3. The SMILES string of the molecule is CC1CN(Cc2noc(C(C)(C)C)n2)C(C)CN1. The number of aromatic nitrogens is 2. The minimum absolute atomic E-state index is 0.0758. The van der Waals surface area contributed by atoms with Gasteiger partial charge in [0.2, 0.25) is 5.89 Å². The molecule has 1 aromatic rings. The minimum Gasteiger partial charge on any atom is -0.339 e. The Balaban J connectivity index is 2.02. The molecular formula is C13H24N4O. The van der Waals surface area contributed by atoms with E-state index in [-0.39, 0.29) is 5.41 Å². The zero-order valence-corrected chi connectivity index (χ0v) is 12.0. The first-order valence-corrected chi connectivity index (χ1v) is 6.67. The van der Waals surface area contributed by atoms with Crippen molar-refractivity contribution in [3.8, 4) is 0 Å². The Labute approximate surface area is 109 Å². The van der Waals surface area contributed by atoms with Crippen LogP contribution in [0, 0.1) is 0 Å². The molecule has 0 bridgehead atoms. The Morgan fingerprint density at radius 2 is 2.11 bits per heavy atom. The summed E-state index contributed by atoms with van der Waals surface area (Å²) in [6.07, 6.45) is 0. The Hall–Kier alpha value is -0.940. The molecule has 1 fully saturated rings. The van der Waals surface area contributed by atoms with Crippen LogP contribution < -0.4 is 5.32 Å². The summed E-state index contributed by atoms with van der Waals surface area (Å²) >= 11 is 0. The van der Waals surface area contributed by atoms with E-state index in [9.17, 15) is 0 Å². The van der Waals surface area contributed by atoms with Gasteiger partial charge in [0.15, 0.2) is 5.82 Å². The third-order valence-corrected chi connectivity index (χ3v) is 3.35. The molecule has 0 aliphatic carbocycles. The van der Waals surface area contributed by atoms with Crippen LogP contribution in [-0.2, 0) is 12.0 Å². The smallest absolute Gasteiger partial charge is 0.232 e. The van der Waals surface area contributed by atoms with E-state index in [1.807, 2.05) is 0 Å². The van der Waals surface area contributed by atoms with E-state index in [1.54, 1.807) is 0 Å². The van der Waals surface area contributed by atoms with Crippen molar-refractivity contribution in [1.29, 1.82) is 0 Å². The van der Waals surface area contributed by atoms with Gasteiger partial charge in [0.25, 0.3) is 0 Å². The molecule has 18 heavy (non-hydrogen) atoms. The van der Waals surface area contributed by atoms with Crippen molar-refractivity contribution in [2.45, 2.75) is 58.7 Å². The van der Waals surface area contributed by atoms with Crippen LogP contribution in [0.3, 0.4) is 0 Å². The van der Waals surface area contributed by atoms with Crippen molar-refractivity contribution in [3.05, 3.63) is 11.7 Å². The molecule has 0 saturated carbocycles. The maximum atomic E-state index is 5.33. The molecule has 1 aromatic heterocycles. The Morgan fingerprint density at radius 1 is 1.39 bits per heavy atom. The molecule has 5 nitrogen and oxygen atoms in total. The molecule has 1 aliphatic rings. The average molecular weight is 252 g/mol. The minimum atomic E-state index is -0.0758. The number of hydrogen-bond acceptors (Lipinski definition) is 5. The molecule has 0 aromatic carbocycles. The molecule has 5 heteroatoms. The van der Waals surface area contributed by atoms with Crippen LogP contribution in [-0.4, -0.2) is 40.2 Å². The van der Waals surface area contributed by atoms with Crippen molar-refractivity contribution < 1.29 is 4.52 Å². The van der Waals surface area contributed by atoms with E-state index < -0.39 is 0 Å². The van der Waals surface area contributed by atoms with E-state index in [0.717, 1.165) is 25.5 Å². The molecule has 2 atom stereocenters. The van der Waals surface area contributed by atoms with Crippen molar-refractivity contribution in [1.82, 2.24) is 20.4 Å². The number of piperazine rings is 1. The topological polar surface area (TPSA) is 54.2 Å². The van der Waals surface area contributed by atoms with Crippen LogP contribution in [0.5, 0.6) is 0 Å². The molecule has 1 saturated heterocycles. The van der Waals surface area contributed by atoms with Gasteiger partial charge in [-0.25, -0.2) is 0 Å². The second-order valence-corrected chi connectivity index (χ2v) is 6.35. The fraction of sp³-hybridized carbons (Fsp3) is 0.846. The maximum Gasteiger partial charge on any atom is 0.232 e. The second-order valence-electron chi connectivity index (χ2n) is 6.35. The molecule has 0 radical (unpaired) electrons. The lowest BCUT2D eigenvalue weighted by atomic mass is 9.97. The highest BCUT2D eigenvalue weighted by atomic mass is 16.5. The third kappa shape index (κ3) is 3.09. The Bertz CT molecular complexity index is 396. The van der Waals surface area contributed by atoms with Gasteiger partial charge in [0.1, 0.15) is 0 Å². The largest absolute Gasteiger partial charge is 0.339 e. The number of hydrogen-bond donors (Lipinski definition) is 1. The molecule has 1 aliphatic heterocycles. The van der Waals surface area contributed by atoms with Gasteiger partial charge in [-0.3, -0.25) is 4.90 Å². The van der Waals surface area contributed by atoms with Crippen LogP contribution in [0.25, 0.3) is 0 Å². The van der Waals surface area contributed by atoms with Gasteiger partial charge in [-0.2, -0.15) is 4.98 Å². The van der Waals surface area contributed by atoms with Crippen molar-refractivity contribution in [2.75, 3.05) is 13.1 Å². The normalized spacial score (nSPS) is 26.5. The molecule has 0 amide bonds. The van der Waals surface area contributed by atoms with Gasteiger partial charge < -0.3 is 9.84 Å². The second kappa shape index (κ2) is 4.97. The predicted molar refractivity (Wildman–Crippen MR) is 70.3 cm³/mol. The van der Waals surface area contributed by atoms with E-state index >= 15 is 0 Å². The first-order chi connectivity index (χ1) is 8.36. The van der Waals surface area contributed by atoms with Gasteiger partial charge in [-0.15, -0.1) is 0 Å². The molecule has 0 spiro atoms. The summed E-state index contributed by atoms with van der Waals surface area (Å²) in [4.78, 5) is 6.90. The molecule has 102 valence electrons. The first-order valence-electron chi connectivity index (χ1n) is 6.67. The maximum absolute atomic E-state index is 5.33. The van der Waals surface area contributed by atoms with Crippen LogP contribution in [0.2, 0.25) is 0 Å². The van der Waals surface area contributed by atoms with E-state index in [1.165, 1.54) is 0 Å². The monoisotopic (exact) mass is 252 g/mol. The lowest BCUT2D eigenvalue weighted by Gasteiger charge is -2.36. The zero-order valence-electron chi connectivity index (χ0n) is 12.0. The molecule has 2 unspecified atom stereocenters. The van der Waals surface area contributed by atoms with Crippen LogP contribution in [0.4, 0.5) is 0 Å². The van der Waals surface area contributed by atoms with Crippen molar-refractivity contribution in [2.24, 2.45) is 0 Å². The fourth-order valence-electron chi connectivity index (χ4n) is 2.12. The van der Waals surface area contributed by atoms with E-state index in [4.69, 9.17) is 4.52 Å².